The summed E-state index contributed by atoms with van der Waals surface area (Å²) in [5.74, 6) is -2.28. The third kappa shape index (κ3) is 3.21. The molecule has 20 heavy (non-hydrogen) atoms. The lowest BCUT2D eigenvalue weighted by Crippen LogP contribution is -2.32. The number of rotatable bonds is 1. The molecule has 1 fully saturated rings. The Labute approximate surface area is 119 Å². The Morgan fingerprint density at radius 1 is 1.35 bits per heavy atom. The van der Waals surface area contributed by atoms with Crippen molar-refractivity contribution < 1.29 is 22.4 Å². The van der Waals surface area contributed by atoms with E-state index in [2.05, 4.69) is 0 Å². The number of carbonyl (C=O) groups is 1. The molecule has 0 bridgehead atoms. The second-order valence-electron chi connectivity index (χ2n) is 4.46. The molecule has 1 amide bonds. The summed E-state index contributed by atoms with van der Waals surface area (Å²) in [6.45, 7) is 0.560. The van der Waals surface area contributed by atoms with Crippen LogP contribution < -0.4 is 5.73 Å². The molecule has 0 unspecified atom stereocenters. The van der Waals surface area contributed by atoms with Crippen molar-refractivity contribution in [3.8, 4) is 0 Å². The monoisotopic (exact) mass is 312 g/mol. The first-order valence-corrected chi connectivity index (χ1v) is 5.71. The van der Waals surface area contributed by atoms with Crippen molar-refractivity contribution in [1.82, 2.24) is 4.90 Å². The second kappa shape index (κ2) is 5.97. The Balaban J connectivity index is 0.00000200. The van der Waals surface area contributed by atoms with Crippen LogP contribution in [0.1, 0.15) is 22.3 Å². The highest BCUT2D eigenvalue weighted by Gasteiger charge is 2.36. The fourth-order valence-corrected chi connectivity index (χ4v) is 2.06. The van der Waals surface area contributed by atoms with Crippen LogP contribution in [0.25, 0.3) is 0 Å². The predicted molar refractivity (Wildman–Crippen MR) is 67.1 cm³/mol. The van der Waals surface area contributed by atoms with E-state index in [1.807, 2.05) is 0 Å². The number of benzene rings is 1. The van der Waals surface area contributed by atoms with Gasteiger partial charge in [0.2, 0.25) is 0 Å². The van der Waals surface area contributed by atoms with Crippen LogP contribution in [-0.4, -0.2) is 29.9 Å². The SMILES string of the molecule is Cl.N[C@H]1CCN(C(=O)c2cccc(C(F)(F)F)c2F)C1. The van der Waals surface area contributed by atoms with Gasteiger partial charge in [-0.3, -0.25) is 4.79 Å². The summed E-state index contributed by atoms with van der Waals surface area (Å²) in [6, 6.07) is 2.48. The minimum Gasteiger partial charge on any atom is -0.337 e. The molecule has 0 saturated carbocycles. The van der Waals surface area contributed by atoms with E-state index in [0.717, 1.165) is 12.1 Å². The minimum atomic E-state index is -4.82. The number of nitrogens with zero attached hydrogens (tertiary/aromatic N) is 1. The molecule has 1 heterocycles. The van der Waals surface area contributed by atoms with E-state index < -0.39 is 29.0 Å². The minimum absolute atomic E-state index is 0. The number of hydrogen-bond acceptors (Lipinski definition) is 2. The average Bonchev–Trinajstić information content (AvgIpc) is 2.74. The molecule has 1 aromatic carbocycles. The Hall–Kier alpha value is -1.34. The average molecular weight is 313 g/mol. The van der Waals surface area contributed by atoms with Crippen molar-refractivity contribution in [3.05, 3.63) is 35.1 Å². The predicted octanol–water partition coefficient (Wildman–Crippen LogP) is 2.44. The highest BCUT2D eigenvalue weighted by Crippen LogP contribution is 2.32. The summed E-state index contributed by atoms with van der Waals surface area (Å²) in [5, 5.41) is 0. The standard InChI is InChI=1S/C12H12F4N2O.ClH/c13-10-8(2-1-3-9(10)12(14,15)16)11(19)18-5-4-7(17)6-18;/h1-3,7H,4-6,17H2;1H/t7-;/m0./s1. The Morgan fingerprint density at radius 3 is 2.50 bits per heavy atom. The molecule has 0 radical (unpaired) electrons. The van der Waals surface area contributed by atoms with E-state index in [1.54, 1.807) is 0 Å². The van der Waals surface area contributed by atoms with Crippen LogP contribution in [0.2, 0.25) is 0 Å². The fourth-order valence-electron chi connectivity index (χ4n) is 2.06. The van der Waals surface area contributed by atoms with Crippen LogP contribution in [0.15, 0.2) is 18.2 Å². The lowest BCUT2D eigenvalue weighted by atomic mass is 10.1. The summed E-state index contributed by atoms with van der Waals surface area (Å²) in [4.78, 5) is 13.2. The number of carbonyl (C=O) groups excluding carboxylic acids is 1. The Kier molecular flexibility index (Phi) is 4.99. The highest BCUT2D eigenvalue weighted by atomic mass is 35.5. The van der Waals surface area contributed by atoms with E-state index >= 15 is 0 Å². The second-order valence-corrected chi connectivity index (χ2v) is 4.46. The molecule has 1 aliphatic heterocycles. The third-order valence-corrected chi connectivity index (χ3v) is 3.05. The number of amides is 1. The van der Waals surface area contributed by atoms with Crippen molar-refractivity contribution in [3.63, 3.8) is 0 Å². The molecule has 8 heteroatoms. The summed E-state index contributed by atoms with van der Waals surface area (Å²) >= 11 is 0. The number of likely N-dealkylation sites (tertiary alicyclic amines) is 1. The van der Waals surface area contributed by atoms with Crippen molar-refractivity contribution in [2.75, 3.05) is 13.1 Å². The van der Waals surface area contributed by atoms with Gasteiger partial charge in [0.25, 0.3) is 5.91 Å². The number of hydrogen-bond donors (Lipinski definition) is 1. The van der Waals surface area contributed by atoms with Crippen LogP contribution in [0.5, 0.6) is 0 Å². The van der Waals surface area contributed by atoms with Gasteiger partial charge in [0.05, 0.1) is 11.1 Å². The van der Waals surface area contributed by atoms with Crippen LogP contribution in [-0.2, 0) is 6.18 Å². The summed E-state index contributed by atoms with van der Waals surface area (Å²) < 4.78 is 51.4. The fraction of sp³-hybridized carbons (Fsp3) is 0.417. The smallest absolute Gasteiger partial charge is 0.337 e. The van der Waals surface area contributed by atoms with Gasteiger partial charge in [-0.1, -0.05) is 6.07 Å². The lowest BCUT2D eigenvalue weighted by molar-refractivity contribution is -0.140. The maximum Gasteiger partial charge on any atom is 0.419 e. The van der Waals surface area contributed by atoms with Gasteiger partial charge in [-0.05, 0) is 18.6 Å². The van der Waals surface area contributed by atoms with Gasteiger partial charge in [-0.15, -0.1) is 12.4 Å². The molecule has 112 valence electrons. The van der Waals surface area contributed by atoms with Gasteiger partial charge in [-0.25, -0.2) is 4.39 Å². The zero-order valence-corrected chi connectivity index (χ0v) is 11.1. The molecular formula is C12H13ClF4N2O. The lowest BCUT2D eigenvalue weighted by Gasteiger charge is -2.17. The molecular weight excluding hydrogens is 300 g/mol. The van der Waals surface area contributed by atoms with Gasteiger partial charge in [0.1, 0.15) is 5.82 Å². The topological polar surface area (TPSA) is 46.3 Å². The maximum atomic E-state index is 13.8. The van der Waals surface area contributed by atoms with E-state index in [0.29, 0.717) is 19.0 Å². The Morgan fingerprint density at radius 2 is 2.00 bits per heavy atom. The van der Waals surface area contributed by atoms with E-state index in [1.165, 1.54) is 4.90 Å². The van der Waals surface area contributed by atoms with Gasteiger partial charge in [0, 0.05) is 19.1 Å². The highest BCUT2D eigenvalue weighted by molar-refractivity contribution is 5.95. The third-order valence-electron chi connectivity index (χ3n) is 3.05. The quantitative estimate of drug-likeness (QED) is 0.810. The van der Waals surface area contributed by atoms with E-state index in [4.69, 9.17) is 5.73 Å². The molecule has 3 nitrogen and oxygen atoms in total. The molecule has 1 atom stereocenters. The number of nitrogens with two attached hydrogens (primary N) is 1. The van der Waals surface area contributed by atoms with Gasteiger partial charge in [0.15, 0.2) is 0 Å². The molecule has 1 aliphatic rings. The molecule has 0 aliphatic carbocycles. The summed E-state index contributed by atoms with van der Waals surface area (Å²) in [7, 11) is 0. The molecule has 2 N–H and O–H groups in total. The van der Waals surface area contributed by atoms with Crippen LogP contribution in [0.3, 0.4) is 0 Å². The maximum absolute atomic E-state index is 13.8. The first-order valence-electron chi connectivity index (χ1n) is 5.71. The van der Waals surface area contributed by atoms with Gasteiger partial charge in [-0.2, -0.15) is 13.2 Å². The molecule has 0 spiro atoms. The van der Waals surface area contributed by atoms with Gasteiger partial charge < -0.3 is 10.6 Å². The van der Waals surface area contributed by atoms with Crippen LogP contribution in [0, 0.1) is 5.82 Å². The van der Waals surface area contributed by atoms with Crippen molar-refractivity contribution in [1.29, 1.82) is 0 Å². The van der Waals surface area contributed by atoms with Crippen molar-refractivity contribution in [2.45, 2.75) is 18.6 Å². The van der Waals surface area contributed by atoms with Crippen LogP contribution in [0.4, 0.5) is 17.6 Å². The first-order chi connectivity index (χ1) is 8.80. The van der Waals surface area contributed by atoms with Gasteiger partial charge >= 0.3 is 6.18 Å². The largest absolute Gasteiger partial charge is 0.419 e. The van der Waals surface area contributed by atoms with E-state index in [9.17, 15) is 22.4 Å². The number of halogens is 5. The van der Waals surface area contributed by atoms with Crippen molar-refractivity contribution in [2.24, 2.45) is 5.73 Å². The summed E-state index contributed by atoms with van der Waals surface area (Å²) in [5.41, 5.74) is 3.62. The molecule has 2 rings (SSSR count). The van der Waals surface area contributed by atoms with Crippen molar-refractivity contribution >= 4 is 18.3 Å². The van der Waals surface area contributed by atoms with E-state index in [-0.39, 0.29) is 25.0 Å². The number of alkyl halides is 3. The van der Waals surface area contributed by atoms with Crippen LogP contribution >= 0.6 is 12.4 Å². The zero-order chi connectivity index (χ0) is 14.2. The Bertz CT molecular complexity index is 507. The molecule has 0 aromatic heterocycles. The molecule has 1 saturated heterocycles. The molecule has 1 aromatic rings. The normalized spacial score (nSPS) is 18.9. The zero-order valence-electron chi connectivity index (χ0n) is 10.3. The first kappa shape index (κ1) is 16.7. The summed E-state index contributed by atoms with van der Waals surface area (Å²) in [6.07, 6.45) is -4.26.